The molecule has 3 nitrogen and oxygen atoms in total. The number of nitrogens with zero attached hydrogens (tertiary/aromatic N) is 1. The Balaban J connectivity index is 0.000000420. The van der Waals surface area contributed by atoms with E-state index < -0.39 is 16.8 Å². The summed E-state index contributed by atoms with van der Waals surface area (Å²) in [7, 11) is 4.23. The molecule has 0 aromatic heterocycles. The molecule has 1 aliphatic rings. The predicted molar refractivity (Wildman–Crippen MR) is 92.8 cm³/mol. The molecule has 0 aliphatic carbocycles. The van der Waals surface area contributed by atoms with Crippen LogP contribution in [0, 0.1) is 0 Å². The lowest BCUT2D eigenvalue weighted by atomic mass is 10.1. The van der Waals surface area contributed by atoms with E-state index in [-0.39, 0.29) is 5.56 Å². The first-order valence-corrected chi connectivity index (χ1v) is 8.33. The maximum atomic E-state index is 12.2. The van der Waals surface area contributed by atoms with Crippen molar-refractivity contribution in [3.63, 3.8) is 0 Å². The highest BCUT2D eigenvalue weighted by molar-refractivity contribution is 6.31. The van der Waals surface area contributed by atoms with Gasteiger partial charge in [0.25, 0.3) is 0 Å². The van der Waals surface area contributed by atoms with Gasteiger partial charge in [-0.1, -0.05) is 31.5 Å². The van der Waals surface area contributed by atoms with Crippen molar-refractivity contribution >= 4 is 17.9 Å². The lowest BCUT2D eigenvalue weighted by Gasteiger charge is -2.29. The first-order valence-electron chi connectivity index (χ1n) is 7.95. The van der Waals surface area contributed by atoms with Crippen molar-refractivity contribution in [1.29, 1.82) is 0 Å². The third-order valence-corrected chi connectivity index (χ3v) is 3.79. The van der Waals surface area contributed by atoms with Crippen LogP contribution < -0.4 is 5.32 Å². The van der Waals surface area contributed by atoms with Crippen LogP contribution >= 0.6 is 11.6 Å². The Morgan fingerprint density at radius 3 is 2.38 bits per heavy atom. The zero-order chi connectivity index (χ0) is 18.8. The Labute approximate surface area is 147 Å². The van der Waals surface area contributed by atoms with Crippen molar-refractivity contribution in [1.82, 2.24) is 10.2 Å². The molecule has 1 heterocycles. The minimum atomic E-state index is -4.52. The van der Waals surface area contributed by atoms with E-state index in [4.69, 9.17) is 11.6 Å². The minimum Gasteiger partial charge on any atom is -0.316 e. The van der Waals surface area contributed by atoms with Gasteiger partial charge in [0.05, 0.1) is 10.6 Å². The summed E-state index contributed by atoms with van der Waals surface area (Å²) in [4.78, 5) is 12.6. The van der Waals surface area contributed by atoms with E-state index in [0.717, 1.165) is 18.2 Å². The van der Waals surface area contributed by atoms with E-state index >= 15 is 0 Å². The van der Waals surface area contributed by atoms with E-state index in [1.54, 1.807) is 0 Å². The molecule has 1 aromatic rings. The Hall–Kier alpha value is -1.11. The molecule has 7 heteroatoms. The molecule has 1 saturated heterocycles. The van der Waals surface area contributed by atoms with Crippen LogP contribution in [0.25, 0.3) is 0 Å². The van der Waals surface area contributed by atoms with Gasteiger partial charge in [0.1, 0.15) is 6.29 Å². The second kappa shape index (κ2) is 11.4. The molecule has 0 bridgehead atoms. The molecule has 1 aromatic carbocycles. The summed E-state index contributed by atoms with van der Waals surface area (Å²) in [5.41, 5.74) is -1.03. The molecule has 2 rings (SSSR count). The second-order valence-corrected chi connectivity index (χ2v) is 5.65. The number of piperidine rings is 1. The molecule has 24 heavy (non-hydrogen) atoms. The van der Waals surface area contributed by atoms with Crippen LogP contribution in [0.5, 0.6) is 0 Å². The molecule has 1 aliphatic heterocycles. The van der Waals surface area contributed by atoms with E-state index in [2.05, 4.69) is 17.3 Å². The van der Waals surface area contributed by atoms with Crippen LogP contribution in [0.15, 0.2) is 18.2 Å². The molecule has 1 atom stereocenters. The number of alkyl halides is 3. The molecule has 1 N–H and O–H groups in total. The van der Waals surface area contributed by atoms with Crippen LogP contribution in [0.1, 0.15) is 42.6 Å². The Morgan fingerprint density at radius 1 is 1.33 bits per heavy atom. The van der Waals surface area contributed by atoms with Gasteiger partial charge in [0, 0.05) is 18.2 Å². The molecule has 0 radical (unpaired) electrons. The fourth-order valence-electron chi connectivity index (χ4n) is 2.24. The second-order valence-electron chi connectivity index (χ2n) is 5.24. The zero-order valence-corrected chi connectivity index (χ0v) is 15.3. The average molecular weight is 367 g/mol. The van der Waals surface area contributed by atoms with E-state index in [1.807, 2.05) is 20.9 Å². The van der Waals surface area contributed by atoms with Gasteiger partial charge in [0.15, 0.2) is 0 Å². The van der Waals surface area contributed by atoms with Gasteiger partial charge in [0.2, 0.25) is 0 Å². The number of hydrogen-bond acceptors (Lipinski definition) is 3. The number of rotatable bonds is 2. The molecule has 1 fully saturated rings. The first kappa shape index (κ1) is 22.9. The zero-order valence-electron chi connectivity index (χ0n) is 14.6. The predicted octanol–water partition coefficient (Wildman–Crippen LogP) is 4.50. The van der Waals surface area contributed by atoms with Gasteiger partial charge in [-0.05, 0) is 45.6 Å². The molecular formula is C17H26ClF3N2O. The molecule has 0 unspecified atom stereocenters. The molecular weight excluding hydrogens is 341 g/mol. The fourth-order valence-corrected chi connectivity index (χ4v) is 2.46. The van der Waals surface area contributed by atoms with Crippen LogP contribution in [-0.2, 0) is 6.18 Å². The number of halogens is 4. The summed E-state index contributed by atoms with van der Waals surface area (Å²) in [6, 6.07) is 3.73. The summed E-state index contributed by atoms with van der Waals surface area (Å²) >= 11 is 5.30. The lowest BCUT2D eigenvalue weighted by molar-refractivity contribution is -0.137. The maximum Gasteiger partial charge on any atom is 0.417 e. The van der Waals surface area contributed by atoms with Crippen molar-refractivity contribution in [2.24, 2.45) is 0 Å². The number of aldehydes is 1. The van der Waals surface area contributed by atoms with E-state index in [9.17, 15) is 18.0 Å². The van der Waals surface area contributed by atoms with Gasteiger partial charge in [-0.2, -0.15) is 13.2 Å². The van der Waals surface area contributed by atoms with Crippen LogP contribution in [-0.4, -0.2) is 44.4 Å². The largest absolute Gasteiger partial charge is 0.417 e. The highest BCUT2D eigenvalue weighted by Crippen LogP contribution is 2.34. The Morgan fingerprint density at radius 2 is 1.96 bits per heavy atom. The first-order chi connectivity index (χ1) is 11.3. The summed E-state index contributed by atoms with van der Waals surface area (Å²) in [6.45, 7) is 6.49. The van der Waals surface area contributed by atoms with Gasteiger partial charge < -0.3 is 10.2 Å². The number of likely N-dealkylation sites (tertiary alicyclic amines) is 1. The normalized spacial score (nSPS) is 17.9. The van der Waals surface area contributed by atoms with Gasteiger partial charge in [-0.25, -0.2) is 0 Å². The Kier molecular flexibility index (Phi) is 10.9. The maximum absolute atomic E-state index is 12.2. The van der Waals surface area contributed by atoms with Crippen molar-refractivity contribution in [3.8, 4) is 0 Å². The monoisotopic (exact) mass is 366 g/mol. The Bertz CT molecular complexity index is 495. The molecule has 0 saturated carbocycles. The lowest BCUT2D eigenvalue weighted by Crippen LogP contribution is -2.42. The number of likely N-dealkylation sites (N-methyl/N-ethyl adjacent to an activating group) is 2. The minimum absolute atomic E-state index is 0.0447. The highest BCUT2D eigenvalue weighted by atomic mass is 35.5. The third-order valence-electron chi connectivity index (χ3n) is 3.46. The van der Waals surface area contributed by atoms with Crippen molar-refractivity contribution in [2.75, 3.05) is 27.2 Å². The van der Waals surface area contributed by atoms with Crippen LogP contribution in [0.4, 0.5) is 13.2 Å². The summed E-state index contributed by atoms with van der Waals surface area (Å²) < 4.78 is 36.5. The topological polar surface area (TPSA) is 32.3 Å². The third kappa shape index (κ3) is 8.13. The van der Waals surface area contributed by atoms with Gasteiger partial charge in [-0.3, -0.25) is 4.79 Å². The standard InChI is InChI=1S/C8H4ClF3O.C7H16N2.C2H6/c9-7-2-1-5(4-13)3-6(7)8(10,11)12;1-8-7-4-3-5-9(2)6-7;1-2/h1-4H;7-8H,3-6H2,1-2H3;1-2H3/t;7-;/m.1./s1. The summed E-state index contributed by atoms with van der Waals surface area (Å²) in [5.74, 6) is 0. The number of nitrogens with one attached hydrogen (secondary N) is 1. The number of benzene rings is 1. The van der Waals surface area contributed by atoms with Gasteiger partial charge >= 0.3 is 6.18 Å². The molecule has 0 amide bonds. The average Bonchev–Trinajstić information content (AvgIpc) is 2.56. The number of hydrogen-bond donors (Lipinski definition) is 1. The number of carbonyl (C=O) groups is 1. The summed E-state index contributed by atoms with van der Waals surface area (Å²) in [5, 5.41) is 2.89. The van der Waals surface area contributed by atoms with Crippen molar-refractivity contribution in [3.05, 3.63) is 34.3 Å². The van der Waals surface area contributed by atoms with Gasteiger partial charge in [-0.15, -0.1) is 0 Å². The highest BCUT2D eigenvalue weighted by Gasteiger charge is 2.33. The summed E-state index contributed by atoms with van der Waals surface area (Å²) in [6.07, 6.45) is -1.48. The molecule has 0 spiro atoms. The fraction of sp³-hybridized carbons (Fsp3) is 0.588. The number of carbonyl (C=O) groups excluding carboxylic acids is 1. The van der Waals surface area contributed by atoms with Crippen LogP contribution in [0.3, 0.4) is 0 Å². The van der Waals surface area contributed by atoms with Crippen molar-refractivity contribution < 1.29 is 18.0 Å². The van der Waals surface area contributed by atoms with E-state index in [0.29, 0.717) is 6.29 Å². The quantitative estimate of drug-likeness (QED) is 0.782. The molecule has 138 valence electrons. The van der Waals surface area contributed by atoms with Crippen molar-refractivity contribution in [2.45, 2.75) is 38.9 Å². The smallest absolute Gasteiger partial charge is 0.316 e. The van der Waals surface area contributed by atoms with E-state index in [1.165, 1.54) is 32.0 Å². The SMILES string of the molecule is CC.CN[C@@H]1CCCN(C)C1.O=Cc1ccc(Cl)c(C(F)(F)F)c1. The van der Waals surface area contributed by atoms with Crippen LogP contribution in [0.2, 0.25) is 5.02 Å².